The number of H-pyrrole nitrogens is 1. The maximum atomic E-state index is 12.7. The van der Waals surface area contributed by atoms with Gasteiger partial charge in [-0.3, -0.25) is 9.89 Å². The largest absolute Gasteiger partial charge is 0.497 e. The van der Waals surface area contributed by atoms with Gasteiger partial charge in [-0.25, -0.2) is 4.79 Å². The van der Waals surface area contributed by atoms with Crippen LogP contribution in [0.15, 0.2) is 48.7 Å². The number of nitrogens with zero attached hydrogens (tertiary/aromatic N) is 2. The van der Waals surface area contributed by atoms with Gasteiger partial charge in [-0.15, -0.1) is 0 Å². The molecule has 1 heterocycles. The second-order valence-corrected chi connectivity index (χ2v) is 6.85. The zero-order valence-corrected chi connectivity index (χ0v) is 15.6. The number of amides is 1. The third-order valence-electron chi connectivity index (χ3n) is 4.82. The van der Waals surface area contributed by atoms with Crippen LogP contribution < -0.4 is 4.74 Å². The lowest BCUT2D eigenvalue weighted by molar-refractivity contribution is -0.135. The van der Waals surface area contributed by atoms with Crippen molar-refractivity contribution in [2.24, 2.45) is 0 Å². The van der Waals surface area contributed by atoms with Crippen LogP contribution in [0, 0.1) is 0 Å². The van der Waals surface area contributed by atoms with E-state index in [1.807, 2.05) is 24.3 Å². The van der Waals surface area contributed by atoms with Gasteiger partial charge in [0.25, 0.3) is 5.91 Å². The minimum atomic E-state index is -0.523. The van der Waals surface area contributed by atoms with Gasteiger partial charge in [-0.1, -0.05) is 18.2 Å². The average Bonchev–Trinajstić information content (AvgIpc) is 3.46. The number of aromatic nitrogens is 2. The third kappa shape index (κ3) is 3.98. The van der Waals surface area contributed by atoms with Gasteiger partial charge in [0.2, 0.25) is 0 Å². The number of methoxy groups -OCH3 is 1. The fourth-order valence-corrected chi connectivity index (χ4v) is 3.09. The molecule has 1 aliphatic rings. The highest BCUT2D eigenvalue weighted by atomic mass is 16.5. The summed E-state index contributed by atoms with van der Waals surface area (Å²) in [6.45, 7) is 0.220. The van der Waals surface area contributed by atoms with E-state index in [9.17, 15) is 9.59 Å². The first-order chi connectivity index (χ1) is 13.6. The Morgan fingerprint density at radius 1 is 1.18 bits per heavy atom. The first-order valence-corrected chi connectivity index (χ1v) is 9.16. The van der Waals surface area contributed by atoms with E-state index in [2.05, 4.69) is 10.2 Å². The molecule has 1 aliphatic carbocycles. The summed E-state index contributed by atoms with van der Waals surface area (Å²) in [4.78, 5) is 26.8. The summed E-state index contributed by atoms with van der Waals surface area (Å²) >= 11 is 0. The highest BCUT2D eigenvalue weighted by Gasteiger charge is 2.33. The van der Waals surface area contributed by atoms with Crippen molar-refractivity contribution in [3.8, 4) is 5.75 Å². The van der Waals surface area contributed by atoms with Crippen molar-refractivity contribution >= 4 is 22.8 Å². The standard InChI is InChI=1S/C21H21N3O4/c1-27-18-8-2-14(3-9-18)12-24(17-6-7-17)20(25)13-28-21(26)15-4-5-16-11-22-23-19(16)10-15/h2-5,8-11,17H,6-7,12-13H2,1H3,(H,22,23). The number of benzene rings is 2. The maximum absolute atomic E-state index is 12.7. The van der Waals surface area contributed by atoms with Crippen molar-refractivity contribution in [3.05, 3.63) is 59.8 Å². The number of carbonyl (C=O) groups is 2. The summed E-state index contributed by atoms with van der Waals surface area (Å²) in [5, 5.41) is 7.65. The molecule has 0 bridgehead atoms. The number of ether oxygens (including phenoxy) is 2. The van der Waals surface area contributed by atoms with Crippen LogP contribution in [-0.2, 0) is 16.1 Å². The minimum Gasteiger partial charge on any atom is -0.497 e. The zero-order chi connectivity index (χ0) is 19.5. The van der Waals surface area contributed by atoms with Gasteiger partial charge in [0, 0.05) is 18.0 Å². The molecule has 1 amide bonds. The minimum absolute atomic E-state index is 0.186. The maximum Gasteiger partial charge on any atom is 0.338 e. The molecule has 3 aromatic rings. The molecule has 1 saturated carbocycles. The zero-order valence-electron chi connectivity index (χ0n) is 15.6. The fraction of sp³-hybridized carbons (Fsp3) is 0.286. The Kier molecular flexibility index (Phi) is 4.97. The second kappa shape index (κ2) is 7.72. The molecule has 1 N–H and O–H groups in total. The van der Waals surface area contributed by atoms with Gasteiger partial charge >= 0.3 is 5.97 Å². The topological polar surface area (TPSA) is 84.5 Å². The van der Waals surface area contributed by atoms with Crippen LogP contribution >= 0.6 is 0 Å². The Labute approximate surface area is 162 Å². The molecule has 0 aliphatic heterocycles. The highest BCUT2D eigenvalue weighted by Crippen LogP contribution is 2.29. The molecule has 1 aromatic heterocycles. The second-order valence-electron chi connectivity index (χ2n) is 6.85. The summed E-state index contributed by atoms with van der Waals surface area (Å²) in [5.41, 5.74) is 2.15. The van der Waals surface area contributed by atoms with Gasteiger partial charge in [-0.05, 0) is 42.7 Å². The van der Waals surface area contributed by atoms with Crippen LogP contribution in [0.2, 0.25) is 0 Å². The molecule has 7 heteroatoms. The third-order valence-corrected chi connectivity index (χ3v) is 4.82. The van der Waals surface area contributed by atoms with Crippen molar-refractivity contribution in [3.63, 3.8) is 0 Å². The predicted molar refractivity (Wildman–Crippen MR) is 103 cm³/mol. The van der Waals surface area contributed by atoms with Crippen molar-refractivity contribution < 1.29 is 19.1 Å². The monoisotopic (exact) mass is 379 g/mol. The Balaban J connectivity index is 1.38. The number of nitrogens with one attached hydrogen (secondary N) is 1. The van der Waals surface area contributed by atoms with Gasteiger partial charge in [0.05, 0.1) is 24.4 Å². The molecule has 28 heavy (non-hydrogen) atoms. The van der Waals surface area contributed by atoms with E-state index in [0.29, 0.717) is 12.1 Å². The summed E-state index contributed by atoms with van der Waals surface area (Å²) in [5.74, 6) is 0.0653. The van der Waals surface area contributed by atoms with Crippen LogP contribution in [0.1, 0.15) is 28.8 Å². The predicted octanol–water partition coefficient (Wildman–Crippen LogP) is 2.92. The lowest BCUT2D eigenvalue weighted by Crippen LogP contribution is -2.36. The Morgan fingerprint density at radius 2 is 1.96 bits per heavy atom. The van der Waals surface area contributed by atoms with Crippen molar-refractivity contribution in [1.29, 1.82) is 0 Å². The summed E-state index contributed by atoms with van der Waals surface area (Å²) in [6.07, 6.45) is 3.64. The molecule has 7 nitrogen and oxygen atoms in total. The van der Waals surface area contributed by atoms with Gasteiger partial charge in [0.15, 0.2) is 6.61 Å². The molecule has 1 fully saturated rings. The molecule has 144 valence electrons. The van der Waals surface area contributed by atoms with Crippen molar-refractivity contribution in [2.75, 3.05) is 13.7 Å². The van der Waals surface area contributed by atoms with Crippen LogP contribution in [0.3, 0.4) is 0 Å². The lowest BCUT2D eigenvalue weighted by Gasteiger charge is -2.22. The molecule has 2 aromatic carbocycles. The van der Waals surface area contributed by atoms with E-state index in [1.165, 1.54) is 0 Å². The number of fused-ring (bicyclic) bond motifs is 1. The molecule has 0 radical (unpaired) electrons. The van der Waals surface area contributed by atoms with E-state index >= 15 is 0 Å². The number of esters is 1. The Hall–Kier alpha value is -3.35. The molecule has 0 atom stereocenters. The molecular formula is C21H21N3O4. The SMILES string of the molecule is COc1ccc(CN(C(=O)COC(=O)c2ccc3cn[nH]c3c2)C2CC2)cc1. The van der Waals surface area contributed by atoms with Crippen LogP contribution in [0.4, 0.5) is 0 Å². The van der Waals surface area contributed by atoms with Gasteiger partial charge in [0.1, 0.15) is 5.75 Å². The molecule has 0 unspecified atom stereocenters. The van der Waals surface area contributed by atoms with Crippen LogP contribution in [0.25, 0.3) is 10.9 Å². The van der Waals surface area contributed by atoms with E-state index in [4.69, 9.17) is 9.47 Å². The molecule has 0 spiro atoms. The Bertz CT molecular complexity index is 992. The first-order valence-electron chi connectivity index (χ1n) is 9.16. The van der Waals surface area contributed by atoms with Crippen LogP contribution in [-0.4, -0.2) is 46.7 Å². The Morgan fingerprint density at radius 3 is 2.68 bits per heavy atom. The fourth-order valence-electron chi connectivity index (χ4n) is 3.09. The van der Waals surface area contributed by atoms with Crippen molar-refractivity contribution in [1.82, 2.24) is 15.1 Å². The van der Waals surface area contributed by atoms with E-state index < -0.39 is 5.97 Å². The van der Waals surface area contributed by atoms with E-state index in [1.54, 1.807) is 36.4 Å². The number of hydrogen-bond donors (Lipinski definition) is 1. The van der Waals surface area contributed by atoms with Crippen LogP contribution in [0.5, 0.6) is 5.75 Å². The average molecular weight is 379 g/mol. The van der Waals surface area contributed by atoms with E-state index in [-0.39, 0.29) is 18.6 Å². The van der Waals surface area contributed by atoms with Gasteiger partial charge in [-0.2, -0.15) is 5.10 Å². The normalized spacial score (nSPS) is 13.3. The summed E-state index contributed by atoms with van der Waals surface area (Å²) < 4.78 is 10.4. The molecule has 0 saturated heterocycles. The number of hydrogen-bond acceptors (Lipinski definition) is 5. The summed E-state index contributed by atoms with van der Waals surface area (Å²) in [6, 6.07) is 13.0. The molecule has 4 rings (SSSR count). The summed E-state index contributed by atoms with van der Waals surface area (Å²) in [7, 11) is 1.62. The number of aromatic amines is 1. The molecular weight excluding hydrogens is 358 g/mol. The highest BCUT2D eigenvalue weighted by molar-refractivity contribution is 5.95. The number of rotatable bonds is 7. The number of carbonyl (C=O) groups excluding carboxylic acids is 2. The van der Waals surface area contributed by atoms with Gasteiger partial charge < -0.3 is 14.4 Å². The first kappa shape index (κ1) is 18.0. The smallest absolute Gasteiger partial charge is 0.338 e. The lowest BCUT2D eigenvalue weighted by atomic mass is 10.2. The quantitative estimate of drug-likeness (QED) is 0.638. The van der Waals surface area contributed by atoms with Crippen molar-refractivity contribution in [2.45, 2.75) is 25.4 Å². The van der Waals surface area contributed by atoms with E-state index in [0.717, 1.165) is 35.1 Å².